The van der Waals surface area contributed by atoms with Gasteiger partial charge in [0.15, 0.2) is 5.16 Å². The first kappa shape index (κ1) is 20.2. The molecule has 0 atom stereocenters. The van der Waals surface area contributed by atoms with Crippen molar-refractivity contribution in [3.8, 4) is 0 Å². The van der Waals surface area contributed by atoms with Crippen LogP contribution in [0.2, 0.25) is 0 Å². The highest BCUT2D eigenvalue weighted by atomic mass is 32.2. The predicted octanol–water partition coefficient (Wildman–Crippen LogP) is 4.02. The lowest BCUT2D eigenvalue weighted by Crippen LogP contribution is -2.26. The van der Waals surface area contributed by atoms with Gasteiger partial charge in [0, 0.05) is 50.3 Å². The van der Waals surface area contributed by atoms with Crippen LogP contribution >= 0.6 is 11.8 Å². The zero-order chi connectivity index (χ0) is 19.1. The number of aryl methyl sites for hydroxylation is 1. The summed E-state index contributed by atoms with van der Waals surface area (Å²) in [6.07, 6.45) is 1.08. The lowest BCUT2D eigenvalue weighted by atomic mass is 10.1. The molecule has 0 saturated carbocycles. The highest BCUT2D eigenvalue weighted by Gasteiger charge is 2.11. The zero-order valence-electron chi connectivity index (χ0n) is 16.3. The van der Waals surface area contributed by atoms with E-state index in [0.29, 0.717) is 6.54 Å². The first-order chi connectivity index (χ1) is 12.4. The quantitative estimate of drug-likeness (QED) is 0.517. The summed E-state index contributed by atoms with van der Waals surface area (Å²) >= 11 is 1.60. The predicted molar refractivity (Wildman–Crippen MR) is 109 cm³/mol. The molecule has 0 aliphatic carbocycles. The van der Waals surface area contributed by atoms with E-state index in [4.69, 9.17) is 0 Å². The molecule has 0 unspecified atom stereocenters. The number of carbonyl (C=O) groups is 1. The number of rotatable bonds is 8. The number of thioether (sulfide) groups is 1. The second kappa shape index (κ2) is 9.57. The minimum absolute atomic E-state index is 0.0506. The van der Waals surface area contributed by atoms with Crippen molar-refractivity contribution >= 4 is 23.5 Å². The average molecular weight is 373 g/mol. The molecule has 140 valence electrons. The largest absolute Gasteiger partial charge is 0.360 e. The van der Waals surface area contributed by atoms with E-state index in [1.807, 2.05) is 51.2 Å². The molecule has 1 amide bonds. The molecule has 0 aliphatic heterocycles. The van der Waals surface area contributed by atoms with Gasteiger partial charge in [-0.25, -0.2) is 9.97 Å². The Labute approximate surface area is 160 Å². The average Bonchev–Trinajstić information content (AvgIpc) is 2.65. The summed E-state index contributed by atoms with van der Waals surface area (Å²) in [5, 5.41) is 0.769. The van der Waals surface area contributed by atoms with Gasteiger partial charge in [-0.15, -0.1) is 0 Å². The molecular weight excluding hydrogens is 344 g/mol. The molecule has 0 saturated heterocycles. The number of benzene rings is 1. The summed E-state index contributed by atoms with van der Waals surface area (Å²) < 4.78 is 0. The molecule has 2 rings (SSSR count). The van der Waals surface area contributed by atoms with Crippen molar-refractivity contribution in [3.05, 3.63) is 47.2 Å². The summed E-state index contributed by atoms with van der Waals surface area (Å²) in [6, 6.07) is 9.81. The molecular formula is C20H28N4OS. The first-order valence-corrected chi connectivity index (χ1v) is 9.97. The van der Waals surface area contributed by atoms with E-state index in [1.165, 1.54) is 0 Å². The summed E-state index contributed by atoms with van der Waals surface area (Å²) in [6.45, 7) is 7.79. The molecule has 26 heavy (non-hydrogen) atoms. The lowest BCUT2D eigenvalue weighted by Gasteiger charge is -2.18. The minimum atomic E-state index is 0.0506. The number of hydrogen-bond donors (Lipinski definition) is 0. The van der Waals surface area contributed by atoms with E-state index in [0.717, 1.165) is 46.5 Å². The summed E-state index contributed by atoms with van der Waals surface area (Å²) in [5.74, 6) is 1.74. The monoisotopic (exact) mass is 372 g/mol. The Kier molecular flexibility index (Phi) is 7.45. The number of hydrogen-bond acceptors (Lipinski definition) is 5. The first-order valence-electron chi connectivity index (χ1n) is 8.98. The van der Waals surface area contributed by atoms with Crippen LogP contribution in [0.1, 0.15) is 41.9 Å². The molecule has 2 aromatic rings. The van der Waals surface area contributed by atoms with Crippen molar-refractivity contribution in [3.63, 3.8) is 0 Å². The van der Waals surface area contributed by atoms with Crippen LogP contribution in [0.25, 0.3) is 0 Å². The molecule has 0 aliphatic rings. The summed E-state index contributed by atoms with van der Waals surface area (Å²) in [4.78, 5) is 25.4. The van der Waals surface area contributed by atoms with Crippen molar-refractivity contribution in [1.82, 2.24) is 14.9 Å². The van der Waals surface area contributed by atoms with Gasteiger partial charge in [-0.2, -0.15) is 0 Å². The smallest absolute Gasteiger partial charge is 0.253 e. The van der Waals surface area contributed by atoms with Gasteiger partial charge < -0.3 is 9.80 Å². The van der Waals surface area contributed by atoms with Crippen LogP contribution < -0.4 is 4.90 Å². The summed E-state index contributed by atoms with van der Waals surface area (Å²) in [5.41, 5.74) is 2.79. The van der Waals surface area contributed by atoms with Crippen molar-refractivity contribution < 1.29 is 4.79 Å². The Morgan fingerprint density at radius 2 is 1.92 bits per heavy atom. The van der Waals surface area contributed by atoms with E-state index in [-0.39, 0.29) is 5.91 Å². The van der Waals surface area contributed by atoms with Crippen LogP contribution in [0.5, 0.6) is 0 Å². The van der Waals surface area contributed by atoms with E-state index in [1.54, 1.807) is 16.7 Å². The van der Waals surface area contributed by atoms with Crippen molar-refractivity contribution in [2.45, 2.75) is 38.1 Å². The molecule has 0 fully saturated rings. The van der Waals surface area contributed by atoms with E-state index in [9.17, 15) is 4.79 Å². The van der Waals surface area contributed by atoms with E-state index < -0.39 is 0 Å². The van der Waals surface area contributed by atoms with Crippen LogP contribution in [0.3, 0.4) is 0 Å². The molecule has 6 heteroatoms. The number of nitrogens with zero attached hydrogens (tertiary/aromatic N) is 4. The van der Waals surface area contributed by atoms with Crippen LogP contribution in [0, 0.1) is 6.92 Å². The molecule has 0 spiro atoms. The minimum Gasteiger partial charge on any atom is -0.360 e. The van der Waals surface area contributed by atoms with Gasteiger partial charge in [0.2, 0.25) is 0 Å². The Bertz CT molecular complexity index is 750. The highest BCUT2D eigenvalue weighted by Crippen LogP contribution is 2.23. The van der Waals surface area contributed by atoms with Crippen LogP contribution in [-0.4, -0.2) is 48.0 Å². The molecule has 1 aromatic heterocycles. The SMILES string of the molecule is CCCN(C)c1cc(C)nc(SCc2cccc(C(=O)N(C)CC)c2)n1. The lowest BCUT2D eigenvalue weighted by molar-refractivity contribution is 0.0802. The Morgan fingerprint density at radius 3 is 2.62 bits per heavy atom. The molecule has 0 bridgehead atoms. The van der Waals surface area contributed by atoms with Crippen LogP contribution in [-0.2, 0) is 5.75 Å². The Balaban J connectivity index is 2.10. The maximum Gasteiger partial charge on any atom is 0.253 e. The number of carbonyl (C=O) groups excluding carboxylic acids is 1. The Morgan fingerprint density at radius 1 is 1.15 bits per heavy atom. The highest BCUT2D eigenvalue weighted by molar-refractivity contribution is 7.98. The van der Waals surface area contributed by atoms with Crippen LogP contribution in [0.15, 0.2) is 35.5 Å². The van der Waals surface area contributed by atoms with Gasteiger partial charge in [-0.1, -0.05) is 30.8 Å². The van der Waals surface area contributed by atoms with Crippen molar-refractivity contribution in [2.24, 2.45) is 0 Å². The molecule has 0 radical (unpaired) electrons. The number of aromatic nitrogens is 2. The van der Waals surface area contributed by atoms with Crippen LogP contribution in [0.4, 0.5) is 5.82 Å². The van der Waals surface area contributed by atoms with Crippen molar-refractivity contribution in [1.29, 1.82) is 0 Å². The van der Waals surface area contributed by atoms with Crippen molar-refractivity contribution in [2.75, 3.05) is 32.1 Å². The molecule has 1 heterocycles. The maximum absolute atomic E-state index is 12.3. The molecule has 1 aromatic carbocycles. The second-order valence-electron chi connectivity index (χ2n) is 6.38. The van der Waals surface area contributed by atoms with Gasteiger partial charge >= 0.3 is 0 Å². The number of amides is 1. The second-order valence-corrected chi connectivity index (χ2v) is 7.32. The third-order valence-corrected chi connectivity index (χ3v) is 5.05. The third-order valence-electron chi connectivity index (χ3n) is 4.13. The van der Waals surface area contributed by atoms with Gasteiger partial charge in [-0.3, -0.25) is 4.79 Å². The fourth-order valence-electron chi connectivity index (χ4n) is 2.54. The standard InChI is InChI=1S/C20H28N4OS/c1-6-11-24(5)18-12-15(3)21-20(22-18)26-14-16-9-8-10-17(13-16)19(25)23(4)7-2/h8-10,12-13H,6-7,11,14H2,1-5H3. The number of anilines is 1. The van der Waals surface area contributed by atoms with Gasteiger partial charge in [0.25, 0.3) is 5.91 Å². The summed E-state index contributed by atoms with van der Waals surface area (Å²) in [7, 11) is 3.87. The molecule has 5 nitrogen and oxygen atoms in total. The van der Waals surface area contributed by atoms with Gasteiger partial charge in [0.05, 0.1) is 0 Å². The third kappa shape index (κ3) is 5.46. The Hall–Kier alpha value is -2.08. The molecule has 0 N–H and O–H groups in total. The van der Waals surface area contributed by atoms with Gasteiger partial charge in [0.1, 0.15) is 5.82 Å². The maximum atomic E-state index is 12.3. The fourth-order valence-corrected chi connectivity index (χ4v) is 3.38. The van der Waals surface area contributed by atoms with E-state index in [2.05, 4.69) is 28.8 Å². The van der Waals surface area contributed by atoms with Gasteiger partial charge in [-0.05, 0) is 38.0 Å². The van der Waals surface area contributed by atoms with E-state index >= 15 is 0 Å². The topological polar surface area (TPSA) is 49.3 Å². The fraction of sp³-hybridized carbons (Fsp3) is 0.450. The normalized spacial score (nSPS) is 10.7. The zero-order valence-corrected chi connectivity index (χ0v) is 17.1.